The van der Waals surface area contributed by atoms with E-state index in [2.05, 4.69) is 5.32 Å². The van der Waals surface area contributed by atoms with Gasteiger partial charge in [0.1, 0.15) is 6.07 Å². The predicted molar refractivity (Wildman–Crippen MR) is 65.8 cm³/mol. The number of halogens is 3. The van der Waals surface area contributed by atoms with Crippen molar-refractivity contribution in [2.45, 2.75) is 0 Å². The monoisotopic (exact) mass is 264 g/mol. The maximum Gasteiger partial charge on any atom is 0.160 e. The molecule has 0 aliphatic carbocycles. The average molecular weight is 265 g/mol. The smallest absolute Gasteiger partial charge is 0.160 e. The topological polar surface area (TPSA) is 35.8 Å². The Labute approximate surface area is 107 Å². The number of hydrogen-bond donors (Lipinski definition) is 1. The molecule has 2 aromatic carbocycles. The molecule has 0 fully saturated rings. The molecule has 0 saturated heterocycles. The van der Waals surface area contributed by atoms with Gasteiger partial charge in [-0.05, 0) is 24.3 Å². The number of nitrogens with one attached hydrogen (secondary N) is 1. The van der Waals surface area contributed by atoms with Crippen LogP contribution in [0.1, 0.15) is 5.56 Å². The number of nitrogens with zero attached hydrogens (tertiary/aromatic N) is 1. The second-order valence-corrected chi connectivity index (χ2v) is 3.94. The summed E-state index contributed by atoms with van der Waals surface area (Å²) in [4.78, 5) is 0. The van der Waals surface area contributed by atoms with Crippen LogP contribution in [0.15, 0.2) is 36.4 Å². The van der Waals surface area contributed by atoms with Crippen LogP contribution in [0.25, 0.3) is 0 Å². The van der Waals surface area contributed by atoms with Gasteiger partial charge in [0.2, 0.25) is 0 Å². The summed E-state index contributed by atoms with van der Waals surface area (Å²) in [5, 5.41) is 12.1. The number of nitriles is 1. The summed E-state index contributed by atoms with van der Waals surface area (Å²) in [5.74, 6) is -1.88. The van der Waals surface area contributed by atoms with Crippen molar-refractivity contribution in [2.24, 2.45) is 0 Å². The van der Waals surface area contributed by atoms with E-state index in [1.807, 2.05) is 6.07 Å². The van der Waals surface area contributed by atoms with Gasteiger partial charge in [0, 0.05) is 11.8 Å². The van der Waals surface area contributed by atoms with Crippen LogP contribution in [0.2, 0.25) is 5.02 Å². The van der Waals surface area contributed by atoms with E-state index in [1.165, 1.54) is 6.07 Å². The lowest BCUT2D eigenvalue weighted by Gasteiger charge is -2.09. The molecule has 0 atom stereocenters. The molecular weight excluding hydrogens is 258 g/mol. The first kappa shape index (κ1) is 12.3. The minimum absolute atomic E-state index is 0.254. The molecule has 0 aliphatic heterocycles. The highest BCUT2D eigenvalue weighted by Gasteiger charge is 2.08. The Kier molecular flexibility index (Phi) is 3.45. The van der Waals surface area contributed by atoms with Gasteiger partial charge < -0.3 is 5.32 Å². The van der Waals surface area contributed by atoms with E-state index in [0.29, 0.717) is 16.4 Å². The Morgan fingerprint density at radius 1 is 1.11 bits per heavy atom. The zero-order valence-electron chi connectivity index (χ0n) is 9.05. The largest absolute Gasteiger partial charge is 0.354 e. The van der Waals surface area contributed by atoms with Crippen LogP contribution >= 0.6 is 11.6 Å². The highest BCUT2D eigenvalue weighted by atomic mass is 35.5. The fourth-order valence-electron chi connectivity index (χ4n) is 1.47. The first-order valence-corrected chi connectivity index (χ1v) is 5.40. The molecule has 0 amide bonds. The van der Waals surface area contributed by atoms with Crippen molar-refractivity contribution in [3.8, 4) is 6.07 Å². The molecule has 90 valence electrons. The quantitative estimate of drug-likeness (QED) is 0.881. The van der Waals surface area contributed by atoms with Crippen LogP contribution in [0.5, 0.6) is 0 Å². The van der Waals surface area contributed by atoms with Crippen molar-refractivity contribution < 1.29 is 8.78 Å². The lowest BCUT2D eigenvalue weighted by Crippen LogP contribution is -1.95. The summed E-state index contributed by atoms with van der Waals surface area (Å²) < 4.78 is 25.8. The predicted octanol–water partition coefficient (Wildman–Crippen LogP) is 4.23. The van der Waals surface area contributed by atoms with Gasteiger partial charge in [-0.15, -0.1) is 0 Å². The van der Waals surface area contributed by atoms with Crippen molar-refractivity contribution in [1.29, 1.82) is 5.26 Å². The maximum absolute atomic E-state index is 13.0. The molecule has 0 spiro atoms. The zero-order valence-corrected chi connectivity index (χ0v) is 9.80. The molecule has 0 aliphatic rings. The number of benzene rings is 2. The van der Waals surface area contributed by atoms with Crippen molar-refractivity contribution in [2.75, 3.05) is 5.32 Å². The molecule has 2 nitrogen and oxygen atoms in total. The fourth-order valence-corrected chi connectivity index (χ4v) is 1.69. The summed E-state index contributed by atoms with van der Waals surface area (Å²) in [5.41, 5.74) is 1.03. The Bertz CT molecular complexity index is 635. The molecule has 0 saturated carbocycles. The lowest BCUT2D eigenvalue weighted by molar-refractivity contribution is 0.509. The second-order valence-electron chi connectivity index (χ2n) is 3.53. The second kappa shape index (κ2) is 5.03. The van der Waals surface area contributed by atoms with Crippen LogP contribution in [-0.2, 0) is 0 Å². The van der Waals surface area contributed by atoms with E-state index in [1.54, 1.807) is 18.2 Å². The van der Waals surface area contributed by atoms with Crippen molar-refractivity contribution in [3.63, 3.8) is 0 Å². The zero-order chi connectivity index (χ0) is 13.1. The van der Waals surface area contributed by atoms with Gasteiger partial charge in [-0.3, -0.25) is 0 Å². The highest BCUT2D eigenvalue weighted by Crippen LogP contribution is 2.26. The van der Waals surface area contributed by atoms with E-state index in [-0.39, 0.29) is 5.56 Å². The van der Waals surface area contributed by atoms with E-state index in [9.17, 15) is 8.78 Å². The number of rotatable bonds is 2. The van der Waals surface area contributed by atoms with Crippen LogP contribution in [-0.4, -0.2) is 0 Å². The minimum atomic E-state index is -0.958. The van der Waals surface area contributed by atoms with Crippen LogP contribution < -0.4 is 5.32 Å². The SMILES string of the molecule is N#Cc1c(Cl)cccc1Nc1ccc(F)c(F)c1. The summed E-state index contributed by atoms with van der Waals surface area (Å²) in [6.45, 7) is 0. The molecule has 0 bridgehead atoms. The molecule has 0 heterocycles. The molecule has 2 aromatic rings. The number of anilines is 2. The Morgan fingerprint density at radius 3 is 2.56 bits per heavy atom. The van der Waals surface area contributed by atoms with Gasteiger partial charge in [0.05, 0.1) is 16.3 Å². The van der Waals surface area contributed by atoms with Crippen LogP contribution in [0, 0.1) is 23.0 Å². The molecule has 2 rings (SSSR count). The summed E-state index contributed by atoms with van der Waals surface area (Å²) in [7, 11) is 0. The Balaban J connectivity index is 2.37. The van der Waals surface area contributed by atoms with Gasteiger partial charge in [-0.2, -0.15) is 5.26 Å². The van der Waals surface area contributed by atoms with Gasteiger partial charge in [-0.25, -0.2) is 8.78 Å². The van der Waals surface area contributed by atoms with Gasteiger partial charge >= 0.3 is 0 Å². The highest BCUT2D eigenvalue weighted by molar-refractivity contribution is 6.32. The summed E-state index contributed by atoms with van der Waals surface area (Å²) in [6.07, 6.45) is 0. The minimum Gasteiger partial charge on any atom is -0.354 e. The van der Waals surface area contributed by atoms with Crippen LogP contribution in [0.4, 0.5) is 20.2 Å². The molecule has 1 N–H and O–H groups in total. The third-order valence-corrected chi connectivity index (χ3v) is 2.64. The standard InChI is InChI=1S/C13H7ClF2N2/c14-10-2-1-3-13(9(10)7-17)18-8-4-5-11(15)12(16)6-8/h1-6,18H. The van der Waals surface area contributed by atoms with Crippen molar-refractivity contribution >= 4 is 23.0 Å². The van der Waals surface area contributed by atoms with Crippen molar-refractivity contribution in [1.82, 2.24) is 0 Å². The first-order valence-electron chi connectivity index (χ1n) is 5.02. The van der Waals surface area contributed by atoms with E-state index in [4.69, 9.17) is 16.9 Å². The molecular formula is C13H7ClF2N2. The molecule has 0 radical (unpaired) electrons. The van der Waals surface area contributed by atoms with Crippen LogP contribution in [0.3, 0.4) is 0 Å². The van der Waals surface area contributed by atoms with Gasteiger partial charge in [0.15, 0.2) is 11.6 Å². The summed E-state index contributed by atoms with van der Waals surface area (Å²) >= 11 is 5.86. The molecule has 0 aromatic heterocycles. The third kappa shape index (κ3) is 2.41. The van der Waals surface area contributed by atoms with Crippen molar-refractivity contribution in [3.05, 3.63) is 58.6 Å². The summed E-state index contributed by atoms with van der Waals surface area (Å²) in [6, 6.07) is 10.2. The Morgan fingerprint density at radius 2 is 1.89 bits per heavy atom. The van der Waals surface area contributed by atoms with E-state index >= 15 is 0 Å². The molecule has 5 heteroatoms. The first-order chi connectivity index (χ1) is 8.61. The fraction of sp³-hybridized carbons (Fsp3) is 0. The van der Waals surface area contributed by atoms with E-state index in [0.717, 1.165) is 12.1 Å². The maximum atomic E-state index is 13.0. The Hall–Kier alpha value is -2.12. The number of hydrogen-bond acceptors (Lipinski definition) is 2. The third-order valence-electron chi connectivity index (χ3n) is 2.32. The lowest BCUT2D eigenvalue weighted by atomic mass is 10.2. The van der Waals surface area contributed by atoms with Gasteiger partial charge in [0.25, 0.3) is 0 Å². The van der Waals surface area contributed by atoms with E-state index < -0.39 is 11.6 Å². The molecule has 0 unspecified atom stereocenters. The average Bonchev–Trinajstić information content (AvgIpc) is 2.34. The normalized spacial score (nSPS) is 9.89. The molecule has 18 heavy (non-hydrogen) atoms. The van der Waals surface area contributed by atoms with Gasteiger partial charge in [-0.1, -0.05) is 17.7 Å².